The lowest BCUT2D eigenvalue weighted by molar-refractivity contribution is -0.137. The summed E-state index contributed by atoms with van der Waals surface area (Å²) in [6.45, 7) is 0.811. The zero-order valence-electron chi connectivity index (χ0n) is 10.1. The van der Waals surface area contributed by atoms with E-state index in [4.69, 9.17) is 0 Å². The quantitative estimate of drug-likeness (QED) is 0.864. The summed E-state index contributed by atoms with van der Waals surface area (Å²) in [5, 5.41) is 2.16. The van der Waals surface area contributed by atoms with Crippen LogP contribution in [0.3, 0.4) is 0 Å². The van der Waals surface area contributed by atoms with Crippen molar-refractivity contribution in [3.05, 3.63) is 45.4 Å². The van der Waals surface area contributed by atoms with Crippen LogP contribution in [0.25, 0.3) is 0 Å². The first kappa shape index (κ1) is 13.1. The molecule has 0 amide bonds. The molecule has 1 aliphatic rings. The smallest absolute Gasteiger partial charge is 0.384 e. The lowest BCUT2D eigenvalue weighted by atomic mass is 10.0. The van der Waals surface area contributed by atoms with E-state index in [9.17, 15) is 18.0 Å². The fraction of sp³-hybridized carbons (Fsp3) is 0.231. The minimum absolute atomic E-state index is 0.00299. The van der Waals surface area contributed by atoms with E-state index in [1.54, 1.807) is 18.2 Å². The maximum Gasteiger partial charge on any atom is 0.443 e. The van der Waals surface area contributed by atoms with E-state index in [0.717, 1.165) is 30.4 Å². The number of ketones is 1. The van der Waals surface area contributed by atoms with Gasteiger partial charge in [0.2, 0.25) is 5.78 Å². The van der Waals surface area contributed by atoms with Gasteiger partial charge in [-0.2, -0.15) is 13.2 Å². The van der Waals surface area contributed by atoms with Crippen LogP contribution < -0.4 is 5.32 Å². The number of hydrogen-bond donors (Lipinski definition) is 1. The van der Waals surface area contributed by atoms with E-state index in [1.807, 2.05) is 0 Å². The van der Waals surface area contributed by atoms with Gasteiger partial charge in [0.25, 0.3) is 0 Å². The molecule has 0 atom stereocenters. The average Bonchev–Trinajstić information content (AvgIpc) is 3.05. The highest BCUT2D eigenvalue weighted by Gasteiger charge is 2.35. The van der Waals surface area contributed by atoms with Crippen molar-refractivity contribution >= 4 is 22.8 Å². The van der Waals surface area contributed by atoms with Crippen LogP contribution in [0.4, 0.5) is 18.9 Å². The van der Waals surface area contributed by atoms with Crippen molar-refractivity contribution in [1.29, 1.82) is 0 Å². The molecule has 0 radical (unpaired) electrons. The highest BCUT2D eigenvalue weighted by atomic mass is 32.1. The van der Waals surface area contributed by atoms with Crippen molar-refractivity contribution in [2.24, 2.45) is 0 Å². The second kappa shape index (κ2) is 4.59. The van der Waals surface area contributed by atoms with Gasteiger partial charge in [-0.05, 0) is 30.2 Å². The lowest BCUT2D eigenvalue weighted by Crippen LogP contribution is -2.03. The second-order valence-corrected chi connectivity index (χ2v) is 5.44. The molecule has 0 saturated carbocycles. The van der Waals surface area contributed by atoms with Crippen molar-refractivity contribution in [2.75, 3.05) is 11.9 Å². The molecule has 0 spiro atoms. The predicted molar refractivity (Wildman–Crippen MR) is 69.2 cm³/mol. The predicted octanol–water partition coefficient (Wildman–Crippen LogP) is 3.36. The number of thiazole rings is 1. The Labute approximate surface area is 116 Å². The Hall–Kier alpha value is -1.89. The Bertz CT molecular complexity index is 678. The minimum Gasteiger partial charge on any atom is -0.384 e. The lowest BCUT2D eigenvalue weighted by Gasteiger charge is -2.02. The molecular formula is C13H9F3N2OS. The molecule has 1 aromatic heterocycles. The first-order valence-corrected chi connectivity index (χ1v) is 6.71. The molecule has 0 aliphatic carbocycles. The van der Waals surface area contributed by atoms with Crippen LogP contribution in [-0.2, 0) is 12.6 Å². The highest BCUT2D eigenvalue weighted by molar-refractivity contribution is 7.13. The summed E-state index contributed by atoms with van der Waals surface area (Å²) in [6, 6.07) is 5.12. The van der Waals surface area contributed by atoms with E-state index >= 15 is 0 Å². The van der Waals surface area contributed by atoms with Crippen molar-refractivity contribution in [1.82, 2.24) is 4.98 Å². The Kier molecular flexibility index (Phi) is 3.01. The van der Waals surface area contributed by atoms with Crippen LogP contribution in [0.2, 0.25) is 0 Å². The minimum atomic E-state index is -4.51. The summed E-state index contributed by atoms with van der Waals surface area (Å²) in [4.78, 5) is 15.4. The Morgan fingerprint density at radius 2 is 2.15 bits per heavy atom. The van der Waals surface area contributed by atoms with Crippen molar-refractivity contribution in [3.63, 3.8) is 0 Å². The Morgan fingerprint density at radius 1 is 1.35 bits per heavy atom. The van der Waals surface area contributed by atoms with Crippen molar-refractivity contribution in [3.8, 4) is 0 Å². The van der Waals surface area contributed by atoms with Crippen LogP contribution in [0.5, 0.6) is 0 Å². The molecule has 1 aliphatic heterocycles. The van der Waals surface area contributed by atoms with E-state index in [-0.39, 0.29) is 4.88 Å². The van der Waals surface area contributed by atoms with Gasteiger partial charge in [0.15, 0.2) is 5.01 Å². The number of nitrogens with zero attached hydrogens (tertiary/aromatic N) is 1. The molecule has 104 valence electrons. The van der Waals surface area contributed by atoms with Gasteiger partial charge < -0.3 is 5.32 Å². The number of carbonyl (C=O) groups excluding carboxylic acids is 1. The summed E-state index contributed by atoms with van der Waals surface area (Å²) < 4.78 is 37.4. The molecule has 0 fully saturated rings. The van der Waals surface area contributed by atoms with Gasteiger partial charge >= 0.3 is 6.18 Å². The third-order valence-electron chi connectivity index (χ3n) is 3.05. The molecule has 0 saturated heterocycles. The third-order valence-corrected chi connectivity index (χ3v) is 4.09. The molecule has 1 N–H and O–H groups in total. The van der Waals surface area contributed by atoms with Crippen LogP contribution in [0.1, 0.15) is 25.8 Å². The zero-order chi connectivity index (χ0) is 14.3. The molecule has 20 heavy (non-hydrogen) atoms. The van der Waals surface area contributed by atoms with Gasteiger partial charge in [0, 0.05) is 24.0 Å². The number of anilines is 1. The third kappa shape index (κ3) is 2.29. The van der Waals surface area contributed by atoms with E-state index < -0.39 is 17.0 Å². The maximum atomic E-state index is 12.5. The number of hydrogen-bond acceptors (Lipinski definition) is 4. The number of rotatable bonds is 2. The summed E-state index contributed by atoms with van der Waals surface area (Å²) in [6.07, 6.45) is -2.71. The van der Waals surface area contributed by atoms with Gasteiger partial charge in [0.1, 0.15) is 0 Å². The summed E-state index contributed by atoms with van der Waals surface area (Å²) >= 11 is 0.375. The van der Waals surface area contributed by atoms with Crippen LogP contribution in [-0.4, -0.2) is 17.3 Å². The van der Waals surface area contributed by atoms with E-state index in [2.05, 4.69) is 10.3 Å². The number of nitrogens with one attached hydrogen (secondary N) is 1. The monoisotopic (exact) mass is 298 g/mol. The second-order valence-electron chi connectivity index (χ2n) is 4.41. The maximum absolute atomic E-state index is 12.5. The zero-order valence-corrected chi connectivity index (χ0v) is 10.9. The molecule has 0 bridgehead atoms. The van der Waals surface area contributed by atoms with Gasteiger partial charge in [-0.15, -0.1) is 11.3 Å². The number of fused-ring (bicyclic) bond motifs is 1. The van der Waals surface area contributed by atoms with E-state index in [1.165, 1.54) is 0 Å². The summed E-state index contributed by atoms with van der Waals surface area (Å²) in [5.74, 6) is -0.423. The topological polar surface area (TPSA) is 42.0 Å². The molecule has 1 aromatic carbocycles. The molecule has 0 unspecified atom stereocenters. The Balaban J connectivity index is 1.91. The fourth-order valence-corrected chi connectivity index (χ4v) is 2.84. The largest absolute Gasteiger partial charge is 0.443 e. The van der Waals surface area contributed by atoms with Crippen LogP contribution in [0, 0.1) is 0 Å². The SMILES string of the molecule is O=C(c1ccc2c(c1)CCN2)c1cnc(C(F)(F)F)s1. The van der Waals surface area contributed by atoms with Crippen LogP contribution in [0.15, 0.2) is 24.4 Å². The average molecular weight is 298 g/mol. The fourth-order valence-electron chi connectivity index (χ4n) is 2.10. The first-order valence-electron chi connectivity index (χ1n) is 5.89. The number of halogens is 3. The summed E-state index contributed by atoms with van der Waals surface area (Å²) in [5.41, 5.74) is 2.38. The summed E-state index contributed by atoms with van der Waals surface area (Å²) in [7, 11) is 0. The number of aromatic nitrogens is 1. The number of alkyl halides is 3. The molecular weight excluding hydrogens is 289 g/mol. The van der Waals surface area contributed by atoms with Gasteiger partial charge in [-0.1, -0.05) is 0 Å². The Morgan fingerprint density at radius 3 is 2.85 bits per heavy atom. The van der Waals surface area contributed by atoms with E-state index in [0.29, 0.717) is 16.9 Å². The molecule has 7 heteroatoms. The molecule has 3 nitrogen and oxygen atoms in total. The molecule has 2 aromatic rings. The van der Waals surface area contributed by atoms with Gasteiger partial charge in [-0.3, -0.25) is 4.79 Å². The number of carbonyl (C=O) groups is 1. The number of benzene rings is 1. The standard InChI is InChI=1S/C13H9F3N2OS/c14-13(15,16)12-18-6-10(20-12)11(19)8-1-2-9-7(5-8)3-4-17-9/h1-2,5-6,17H,3-4H2. The van der Waals surface area contributed by atoms with Crippen LogP contribution >= 0.6 is 11.3 Å². The van der Waals surface area contributed by atoms with Gasteiger partial charge in [-0.25, -0.2) is 4.98 Å². The van der Waals surface area contributed by atoms with Gasteiger partial charge in [0.05, 0.1) is 4.88 Å². The van der Waals surface area contributed by atoms with Crippen molar-refractivity contribution < 1.29 is 18.0 Å². The first-order chi connectivity index (χ1) is 9.45. The normalized spacial score (nSPS) is 13.9. The highest BCUT2D eigenvalue weighted by Crippen LogP contribution is 2.33. The van der Waals surface area contributed by atoms with Crippen molar-refractivity contribution in [2.45, 2.75) is 12.6 Å². The molecule has 2 heterocycles. The molecule has 3 rings (SSSR count).